The first-order valence-corrected chi connectivity index (χ1v) is 4.37. The predicted octanol–water partition coefficient (Wildman–Crippen LogP) is 2.35. The van der Waals surface area contributed by atoms with E-state index in [9.17, 15) is 26.3 Å². The standard InChI is InChI=1S/C9H3F6N3/c10-3-1-2(4(11)7(14)6(3)13)9(18-16)17-8(15)5(1)12/h16H2,(H,17,18). The zero-order valence-corrected chi connectivity index (χ0v) is 8.29. The van der Waals surface area contributed by atoms with Crippen LogP contribution < -0.4 is 11.3 Å². The van der Waals surface area contributed by atoms with E-state index in [2.05, 4.69) is 4.98 Å². The fraction of sp³-hybridized carbons (Fsp3) is 0. The first kappa shape index (κ1) is 12.4. The number of nitrogen functional groups attached to an aromatic ring is 1. The third-order valence-corrected chi connectivity index (χ3v) is 2.25. The average molecular weight is 267 g/mol. The van der Waals surface area contributed by atoms with Crippen LogP contribution in [-0.4, -0.2) is 4.98 Å². The average Bonchev–Trinajstić information content (AvgIpc) is 2.36. The van der Waals surface area contributed by atoms with Crippen LogP contribution in [0.1, 0.15) is 0 Å². The molecule has 0 amide bonds. The maximum absolute atomic E-state index is 13.4. The summed E-state index contributed by atoms with van der Waals surface area (Å²) in [5.74, 6) is -8.24. The van der Waals surface area contributed by atoms with E-state index in [1.165, 1.54) is 0 Å². The zero-order valence-electron chi connectivity index (χ0n) is 8.29. The van der Waals surface area contributed by atoms with E-state index >= 15 is 0 Å². The molecule has 0 aliphatic rings. The number of hydrogen-bond acceptors (Lipinski definition) is 3. The molecule has 1 aromatic heterocycles. The molecule has 1 heterocycles. The van der Waals surface area contributed by atoms with Crippen molar-refractivity contribution in [2.75, 3.05) is 5.43 Å². The molecule has 0 atom stereocenters. The lowest BCUT2D eigenvalue weighted by Gasteiger charge is -2.09. The highest BCUT2D eigenvalue weighted by Gasteiger charge is 2.27. The molecule has 0 spiro atoms. The molecule has 9 heteroatoms. The summed E-state index contributed by atoms with van der Waals surface area (Å²) >= 11 is 0. The van der Waals surface area contributed by atoms with E-state index in [1.807, 2.05) is 0 Å². The molecule has 96 valence electrons. The Kier molecular flexibility index (Phi) is 2.77. The van der Waals surface area contributed by atoms with Gasteiger partial charge in [0, 0.05) is 0 Å². The Hall–Kier alpha value is -2.03. The van der Waals surface area contributed by atoms with Gasteiger partial charge in [0.1, 0.15) is 0 Å². The van der Waals surface area contributed by atoms with Gasteiger partial charge in [-0.1, -0.05) is 0 Å². The minimum absolute atomic E-state index is 0.862. The van der Waals surface area contributed by atoms with Crippen LogP contribution in [0.15, 0.2) is 0 Å². The van der Waals surface area contributed by atoms with Crippen molar-refractivity contribution in [1.29, 1.82) is 0 Å². The molecular weight excluding hydrogens is 264 g/mol. The minimum Gasteiger partial charge on any atom is -0.308 e. The molecule has 3 nitrogen and oxygen atoms in total. The lowest BCUT2D eigenvalue weighted by atomic mass is 10.1. The third-order valence-electron chi connectivity index (χ3n) is 2.25. The highest BCUT2D eigenvalue weighted by Crippen LogP contribution is 2.33. The second-order valence-corrected chi connectivity index (χ2v) is 3.22. The molecular formula is C9H3F6N3. The van der Waals surface area contributed by atoms with Crippen molar-refractivity contribution in [2.45, 2.75) is 0 Å². The molecule has 0 saturated heterocycles. The van der Waals surface area contributed by atoms with Crippen molar-refractivity contribution in [3.8, 4) is 0 Å². The fourth-order valence-electron chi connectivity index (χ4n) is 1.47. The largest absolute Gasteiger partial charge is 0.308 e. The summed E-state index contributed by atoms with van der Waals surface area (Å²) in [7, 11) is 0. The van der Waals surface area contributed by atoms with Crippen molar-refractivity contribution >= 4 is 16.6 Å². The molecule has 0 bridgehead atoms. The molecule has 2 aromatic rings. The number of rotatable bonds is 1. The van der Waals surface area contributed by atoms with Crippen molar-refractivity contribution in [3.63, 3.8) is 0 Å². The fourth-order valence-corrected chi connectivity index (χ4v) is 1.47. The van der Waals surface area contributed by atoms with Crippen LogP contribution in [0.2, 0.25) is 0 Å². The molecule has 0 fully saturated rings. The Labute approximate surface area is 95.2 Å². The molecule has 18 heavy (non-hydrogen) atoms. The zero-order chi connectivity index (χ0) is 13.6. The molecule has 1 aromatic carbocycles. The second-order valence-electron chi connectivity index (χ2n) is 3.22. The number of benzene rings is 1. The summed E-state index contributed by atoms with van der Waals surface area (Å²) in [4.78, 5) is 2.82. The summed E-state index contributed by atoms with van der Waals surface area (Å²) in [5.41, 5.74) is 1.64. The van der Waals surface area contributed by atoms with Gasteiger partial charge in [0.05, 0.1) is 10.8 Å². The van der Waals surface area contributed by atoms with E-state index in [-0.39, 0.29) is 0 Å². The molecule has 2 rings (SSSR count). The van der Waals surface area contributed by atoms with Crippen LogP contribution in [-0.2, 0) is 0 Å². The molecule has 0 aliphatic carbocycles. The van der Waals surface area contributed by atoms with Crippen LogP contribution in [0.3, 0.4) is 0 Å². The Morgan fingerprint density at radius 2 is 1.22 bits per heavy atom. The van der Waals surface area contributed by atoms with Gasteiger partial charge in [-0.3, -0.25) is 0 Å². The number of hydrazine groups is 1. The molecule has 0 saturated carbocycles. The number of nitrogens with zero attached hydrogens (tertiary/aromatic N) is 1. The summed E-state index contributed by atoms with van der Waals surface area (Å²) in [5, 5.41) is -2.53. The Morgan fingerprint density at radius 1 is 0.722 bits per heavy atom. The third kappa shape index (κ3) is 1.47. The monoisotopic (exact) mass is 267 g/mol. The van der Waals surface area contributed by atoms with Gasteiger partial charge in [0.2, 0.25) is 0 Å². The normalized spacial score (nSPS) is 11.1. The Bertz CT molecular complexity index is 657. The van der Waals surface area contributed by atoms with E-state index in [0.717, 1.165) is 0 Å². The highest BCUT2D eigenvalue weighted by molar-refractivity contribution is 5.93. The SMILES string of the molecule is NNc1nc(F)c(F)c2c(F)c(F)c(F)c(F)c12. The van der Waals surface area contributed by atoms with E-state index in [0.29, 0.717) is 0 Å². The number of fused-ring (bicyclic) bond motifs is 1. The van der Waals surface area contributed by atoms with Crippen molar-refractivity contribution in [3.05, 3.63) is 35.0 Å². The predicted molar refractivity (Wildman–Crippen MR) is 49.3 cm³/mol. The Balaban J connectivity index is 3.14. The van der Waals surface area contributed by atoms with Crippen molar-refractivity contribution in [2.24, 2.45) is 5.84 Å². The van der Waals surface area contributed by atoms with Crippen LogP contribution in [0.5, 0.6) is 0 Å². The van der Waals surface area contributed by atoms with Crippen LogP contribution in [0.4, 0.5) is 32.2 Å². The highest BCUT2D eigenvalue weighted by atomic mass is 19.2. The van der Waals surface area contributed by atoms with Crippen LogP contribution in [0, 0.1) is 35.0 Å². The molecule has 3 N–H and O–H groups in total. The van der Waals surface area contributed by atoms with Gasteiger partial charge >= 0.3 is 0 Å². The van der Waals surface area contributed by atoms with Crippen LogP contribution in [0.25, 0.3) is 10.8 Å². The summed E-state index contributed by atoms with van der Waals surface area (Å²) in [6.07, 6.45) is 0. The number of nitrogens with two attached hydrogens (primary N) is 1. The van der Waals surface area contributed by atoms with Crippen molar-refractivity contribution in [1.82, 2.24) is 4.98 Å². The summed E-state index contributed by atoms with van der Waals surface area (Å²) in [6, 6.07) is 0. The van der Waals surface area contributed by atoms with Gasteiger partial charge in [-0.2, -0.15) is 9.37 Å². The first-order chi connectivity index (χ1) is 8.40. The topological polar surface area (TPSA) is 50.9 Å². The number of nitrogens with one attached hydrogen (secondary N) is 1. The van der Waals surface area contributed by atoms with Gasteiger partial charge in [-0.05, 0) is 0 Å². The quantitative estimate of drug-likeness (QED) is 0.208. The second kappa shape index (κ2) is 4.02. The van der Waals surface area contributed by atoms with Crippen LogP contribution >= 0.6 is 0 Å². The van der Waals surface area contributed by atoms with E-state index in [1.54, 1.807) is 5.43 Å². The maximum Gasteiger partial charge on any atom is 0.251 e. The van der Waals surface area contributed by atoms with Gasteiger partial charge in [-0.15, -0.1) is 0 Å². The van der Waals surface area contributed by atoms with Gasteiger partial charge < -0.3 is 5.43 Å². The van der Waals surface area contributed by atoms with E-state index < -0.39 is 51.6 Å². The van der Waals surface area contributed by atoms with Gasteiger partial charge in [-0.25, -0.2) is 27.8 Å². The smallest absolute Gasteiger partial charge is 0.251 e. The lowest BCUT2D eigenvalue weighted by molar-refractivity contribution is 0.413. The maximum atomic E-state index is 13.4. The summed E-state index contributed by atoms with van der Waals surface area (Å²) in [6.45, 7) is 0. The number of halogens is 6. The lowest BCUT2D eigenvalue weighted by Crippen LogP contribution is -2.13. The number of pyridine rings is 1. The van der Waals surface area contributed by atoms with Gasteiger partial charge in [0.25, 0.3) is 5.95 Å². The molecule has 0 radical (unpaired) electrons. The van der Waals surface area contributed by atoms with Crippen molar-refractivity contribution < 1.29 is 26.3 Å². The molecule has 0 aliphatic heterocycles. The number of aromatic nitrogens is 1. The number of anilines is 1. The minimum atomic E-state index is -2.26. The van der Waals surface area contributed by atoms with E-state index in [4.69, 9.17) is 5.84 Å². The molecule has 0 unspecified atom stereocenters. The Morgan fingerprint density at radius 3 is 1.72 bits per heavy atom. The first-order valence-electron chi connectivity index (χ1n) is 4.37. The van der Waals surface area contributed by atoms with Gasteiger partial charge in [0.15, 0.2) is 34.9 Å². The summed E-state index contributed by atoms with van der Waals surface area (Å²) < 4.78 is 78.8. The number of hydrogen-bond donors (Lipinski definition) is 2.